The van der Waals surface area contributed by atoms with Crippen LogP contribution in [0.2, 0.25) is 0 Å². The molecule has 1 atom stereocenters. The van der Waals surface area contributed by atoms with Gasteiger partial charge < -0.3 is 10.1 Å². The third-order valence-electron chi connectivity index (χ3n) is 2.98. The van der Waals surface area contributed by atoms with Gasteiger partial charge >= 0.3 is 6.36 Å². The van der Waals surface area contributed by atoms with E-state index in [1.165, 1.54) is 12.1 Å². The molecule has 1 rings (SSSR count). The van der Waals surface area contributed by atoms with Crippen molar-refractivity contribution < 1.29 is 17.9 Å². The second-order valence-electron chi connectivity index (χ2n) is 4.77. The number of unbranched alkanes of at least 4 members (excludes halogenated alkanes) is 1. The normalized spacial score (nSPS) is 13.2. The summed E-state index contributed by atoms with van der Waals surface area (Å²) in [6, 6.07) is 6.31. The summed E-state index contributed by atoms with van der Waals surface area (Å²) in [5, 5.41) is 3.37. The summed E-state index contributed by atoms with van der Waals surface area (Å²) in [4.78, 5) is 0. The highest BCUT2D eigenvalue weighted by atomic mass is 19.4. The molecule has 1 aromatic rings. The number of benzene rings is 1. The predicted molar refractivity (Wildman–Crippen MR) is 73.7 cm³/mol. The van der Waals surface area contributed by atoms with Gasteiger partial charge in [0.05, 0.1) is 0 Å². The monoisotopic (exact) mass is 289 g/mol. The van der Waals surface area contributed by atoms with E-state index in [4.69, 9.17) is 0 Å². The smallest absolute Gasteiger partial charge is 0.406 e. The molecule has 0 aliphatic rings. The van der Waals surface area contributed by atoms with Gasteiger partial charge in [-0.25, -0.2) is 0 Å². The van der Waals surface area contributed by atoms with Gasteiger partial charge in [0.25, 0.3) is 0 Å². The largest absolute Gasteiger partial charge is 0.573 e. The Morgan fingerprint density at radius 1 is 1.20 bits per heavy atom. The van der Waals surface area contributed by atoms with E-state index in [2.05, 4.69) is 23.9 Å². The van der Waals surface area contributed by atoms with Gasteiger partial charge in [-0.3, -0.25) is 0 Å². The number of halogens is 3. The first kappa shape index (κ1) is 16.8. The molecule has 0 aliphatic carbocycles. The van der Waals surface area contributed by atoms with Crippen LogP contribution in [0.5, 0.6) is 5.75 Å². The van der Waals surface area contributed by atoms with Crippen molar-refractivity contribution in [1.29, 1.82) is 0 Å². The molecule has 0 bridgehead atoms. The molecule has 0 saturated heterocycles. The number of hydrogen-bond acceptors (Lipinski definition) is 2. The van der Waals surface area contributed by atoms with Crippen LogP contribution in [0.25, 0.3) is 0 Å². The fourth-order valence-electron chi connectivity index (χ4n) is 2.04. The van der Waals surface area contributed by atoms with E-state index in [-0.39, 0.29) is 11.8 Å². The zero-order valence-electron chi connectivity index (χ0n) is 12.0. The maximum absolute atomic E-state index is 12.2. The van der Waals surface area contributed by atoms with Crippen LogP contribution in [-0.2, 0) is 0 Å². The Morgan fingerprint density at radius 3 is 2.55 bits per heavy atom. The number of alkyl halides is 3. The van der Waals surface area contributed by atoms with E-state index in [9.17, 15) is 13.2 Å². The minimum atomic E-state index is -4.64. The van der Waals surface area contributed by atoms with Crippen LogP contribution in [0.15, 0.2) is 24.3 Å². The molecule has 5 heteroatoms. The summed E-state index contributed by atoms with van der Waals surface area (Å²) in [5.74, 6) is -0.158. The van der Waals surface area contributed by atoms with Crippen molar-refractivity contribution >= 4 is 0 Å². The van der Waals surface area contributed by atoms with E-state index in [1.807, 2.05) is 6.07 Å². The lowest BCUT2D eigenvalue weighted by Crippen LogP contribution is -2.22. The molecule has 1 unspecified atom stereocenters. The van der Waals surface area contributed by atoms with Crippen molar-refractivity contribution in [3.63, 3.8) is 0 Å². The third-order valence-corrected chi connectivity index (χ3v) is 2.98. The third kappa shape index (κ3) is 6.28. The summed E-state index contributed by atoms with van der Waals surface area (Å²) >= 11 is 0. The standard InChI is InChI=1S/C15H22F3NO/c1-3-5-9-14(19-10-4-2)12-7-6-8-13(11-12)20-15(16,17)18/h6-8,11,14,19H,3-5,9-10H2,1-2H3. The lowest BCUT2D eigenvalue weighted by Gasteiger charge is -2.20. The quantitative estimate of drug-likeness (QED) is 0.741. The maximum atomic E-state index is 12.2. The molecule has 0 fully saturated rings. The van der Waals surface area contributed by atoms with Gasteiger partial charge in [-0.1, -0.05) is 38.8 Å². The molecule has 1 aromatic carbocycles. The van der Waals surface area contributed by atoms with Crippen molar-refractivity contribution in [2.24, 2.45) is 0 Å². The van der Waals surface area contributed by atoms with Crippen LogP contribution >= 0.6 is 0 Å². The highest BCUT2D eigenvalue weighted by Gasteiger charge is 2.31. The molecule has 0 amide bonds. The Kier molecular flexibility index (Phi) is 6.85. The number of nitrogens with one attached hydrogen (secondary N) is 1. The average Bonchev–Trinajstić information content (AvgIpc) is 2.37. The molecule has 20 heavy (non-hydrogen) atoms. The van der Waals surface area contributed by atoms with Crippen molar-refractivity contribution in [3.8, 4) is 5.75 Å². The minimum absolute atomic E-state index is 0.0756. The van der Waals surface area contributed by atoms with Crippen molar-refractivity contribution in [3.05, 3.63) is 29.8 Å². The van der Waals surface area contributed by atoms with Gasteiger partial charge in [-0.15, -0.1) is 13.2 Å². The number of rotatable bonds is 8. The average molecular weight is 289 g/mol. The SMILES string of the molecule is CCCCC(NCCC)c1cccc(OC(F)(F)F)c1. The zero-order valence-corrected chi connectivity index (χ0v) is 12.0. The van der Waals surface area contributed by atoms with E-state index in [0.717, 1.165) is 37.8 Å². The van der Waals surface area contributed by atoms with Gasteiger partial charge in [-0.2, -0.15) is 0 Å². The molecule has 0 aliphatic heterocycles. The van der Waals surface area contributed by atoms with E-state index < -0.39 is 6.36 Å². The van der Waals surface area contributed by atoms with Crippen LogP contribution in [0, 0.1) is 0 Å². The summed E-state index contributed by atoms with van der Waals surface area (Å²) in [6.07, 6.45) is -0.656. The molecule has 0 spiro atoms. The van der Waals surface area contributed by atoms with Gasteiger partial charge in [0.15, 0.2) is 0 Å². The van der Waals surface area contributed by atoms with Crippen molar-refractivity contribution in [2.75, 3.05) is 6.54 Å². The highest BCUT2D eigenvalue weighted by Crippen LogP contribution is 2.27. The Labute approximate surface area is 118 Å². The molecular weight excluding hydrogens is 267 g/mol. The second-order valence-corrected chi connectivity index (χ2v) is 4.77. The molecule has 0 aromatic heterocycles. The summed E-state index contributed by atoms with van der Waals surface area (Å²) in [5.41, 5.74) is 0.841. The van der Waals surface area contributed by atoms with Crippen LogP contribution in [-0.4, -0.2) is 12.9 Å². The van der Waals surface area contributed by atoms with Gasteiger partial charge in [0.1, 0.15) is 5.75 Å². The summed E-state index contributed by atoms with van der Waals surface area (Å²) in [7, 11) is 0. The predicted octanol–water partition coefficient (Wildman–Crippen LogP) is 4.82. The molecule has 0 saturated carbocycles. The second kappa shape index (κ2) is 8.15. The first-order valence-corrected chi connectivity index (χ1v) is 7.05. The van der Waals surface area contributed by atoms with E-state index >= 15 is 0 Å². The van der Waals surface area contributed by atoms with Crippen LogP contribution in [0.1, 0.15) is 51.1 Å². The summed E-state index contributed by atoms with van der Waals surface area (Å²) < 4.78 is 40.7. The van der Waals surface area contributed by atoms with E-state index in [1.54, 1.807) is 6.07 Å². The Morgan fingerprint density at radius 2 is 1.95 bits per heavy atom. The minimum Gasteiger partial charge on any atom is -0.406 e. The number of hydrogen-bond donors (Lipinski definition) is 1. The van der Waals surface area contributed by atoms with Gasteiger partial charge in [-0.05, 0) is 37.1 Å². The molecular formula is C15H22F3NO. The van der Waals surface area contributed by atoms with Crippen LogP contribution in [0.4, 0.5) is 13.2 Å². The molecule has 2 nitrogen and oxygen atoms in total. The zero-order chi connectivity index (χ0) is 15.0. The van der Waals surface area contributed by atoms with E-state index in [0.29, 0.717) is 0 Å². The van der Waals surface area contributed by atoms with Gasteiger partial charge in [0.2, 0.25) is 0 Å². The topological polar surface area (TPSA) is 21.3 Å². The van der Waals surface area contributed by atoms with Gasteiger partial charge in [0, 0.05) is 6.04 Å². The fourth-order valence-corrected chi connectivity index (χ4v) is 2.04. The first-order chi connectivity index (χ1) is 9.46. The lowest BCUT2D eigenvalue weighted by atomic mass is 10.0. The molecule has 0 heterocycles. The molecule has 1 N–H and O–H groups in total. The lowest BCUT2D eigenvalue weighted by molar-refractivity contribution is -0.274. The fraction of sp³-hybridized carbons (Fsp3) is 0.600. The first-order valence-electron chi connectivity index (χ1n) is 7.05. The molecule has 0 radical (unpaired) electrons. The highest BCUT2D eigenvalue weighted by molar-refractivity contribution is 5.30. The summed E-state index contributed by atoms with van der Waals surface area (Å²) in [6.45, 7) is 5.01. The Hall–Kier alpha value is -1.23. The maximum Gasteiger partial charge on any atom is 0.573 e. The van der Waals surface area contributed by atoms with Crippen LogP contribution < -0.4 is 10.1 Å². The Balaban J connectivity index is 2.81. The molecule has 114 valence electrons. The van der Waals surface area contributed by atoms with Crippen molar-refractivity contribution in [1.82, 2.24) is 5.32 Å². The Bertz CT molecular complexity index is 385. The van der Waals surface area contributed by atoms with Crippen molar-refractivity contribution in [2.45, 2.75) is 51.9 Å². The number of ether oxygens (including phenoxy) is 1. The van der Waals surface area contributed by atoms with Crippen LogP contribution in [0.3, 0.4) is 0 Å².